The topological polar surface area (TPSA) is 46.9 Å². The highest BCUT2D eigenvalue weighted by Gasteiger charge is 2.22. The molecule has 2 N–H and O–H groups in total. The molecule has 1 heterocycles. The zero-order valence-corrected chi connectivity index (χ0v) is 14.5. The standard InChI is InChI=1S/C18H28F2N2O2/c1-13(23)10-22-7-5-14(6-8-22)11-21(2)12-18(24)15-3-4-16(19)17(20)9-15/h3-4,9,13-14,18,23-24H,5-8,10-12H2,1-2H3. The van der Waals surface area contributed by atoms with Gasteiger partial charge < -0.3 is 20.0 Å². The van der Waals surface area contributed by atoms with E-state index in [0.29, 0.717) is 18.0 Å². The van der Waals surface area contributed by atoms with Crippen LogP contribution in [0.2, 0.25) is 0 Å². The molecule has 0 aliphatic carbocycles. The number of likely N-dealkylation sites (tertiary alicyclic amines) is 1. The second kappa shape index (κ2) is 8.85. The minimum absolute atomic E-state index is 0.296. The zero-order valence-electron chi connectivity index (χ0n) is 14.5. The molecule has 6 heteroatoms. The first kappa shape index (κ1) is 19.2. The number of piperidine rings is 1. The van der Waals surface area contributed by atoms with Gasteiger partial charge in [0.1, 0.15) is 0 Å². The Morgan fingerprint density at radius 1 is 1.21 bits per heavy atom. The summed E-state index contributed by atoms with van der Waals surface area (Å²) in [7, 11) is 1.94. The molecular formula is C18H28F2N2O2. The van der Waals surface area contributed by atoms with Crippen molar-refractivity contribution in [2.24, 2.45) is 5.92 Å². The maximum atomic E-state index is 13.3. The van der Waals surface area contributed by atoms with Gasteiger partial charge in [0.2, 0.25) is 0 Å². The van der Waals surface area contributed by atoms with Crippen molar-refractivity contribution in [1.82, 2.24) is 9.80 Å². The number of rotatable bonds is 7. The van der Waals surface area contributed by atoms with Gasteiger partial charge in [-0.1, -0.05) is 6.07 Å². The van der Waals surface area contributed by atoms with Gasteiger partial charge in [-0.25, -0.2) is 8.78 Å². The van der Waals surface area contributed by atoms with E-state index < -0.39 is 17.7 Å². The molecule has 2 unspecified atom stereocenters. The molecule has 0 amide bonds. The van der Waals surface area contributed by atoms with Gasteiger partial charge >= 0.3 is 0 Å². The Morgan fingerprint density at radius 3 is 2.46 bits per heavy atom. The maximum Gasteiger partial charge on any atom is 0.159 e. The van der Waals surface area contributed by atoms with Crippen molar-refractivity contribution in [3.8, 4) is 0 Å². The van der Waals surface area contributed by atoms with Gasteiger partial charge in [-0.3, -0.25) is 0 Å². The number of nitrogens with zero attached hydrogens (tertiary/aromatic N) is 2. The van der Waals surface area contributed by atoms with Gasteiger partial charge in [-0.2, -0.15) is 0 Å². The van der Waals surface area contributed by atoms with Crippen LogP contribution in [-0.4, -0.2) is 65.9 Å². The summed E-state index contributed by atoms with van der Waals surface area (Å²) in [5.74, 6) is -1.28. The van der Waals surface area contributed by atoms with Crippen LogP contribution in [0.4, 0.5) is 8.78 Å². The van der Waals surface area contributed by atoms with Crippen molar-refractivity contribution in [3.63, 3.8) is 0 Å². The Bertz CT molecular complexity index is 520. The molecule has 0 spiro atoms. The van der Waals surface area contributed by atoms with Crippen molar-refractivity contribution < 1.29 is 19.0 Å². The first-order chi connectivity index (χ1) is 11.3. The van der Waals surface area contributed by atoms with E-state index >= 15 is 0 Å². The summed E-state index contributed by atoms with van der Waals surface area (Å²) in [4.78, 5) is 4.32. The molecule has 2 rings (SSSR count). The fourth-order valence-corrected chi connectivity index (χ4v) is 3.36. The van der Waals surface area contributed by atoms with E-state index in [1.807, 2.05) is 11.9 Å². The van der Waals surface area contributed by atoms with Gasteiger partial charge in [-0.05, 0) is 63.5 Å². The quantitative estimate of drug-likeness (QED) is 0.796. The van der Waals surface area contributed by atoms with E-state index in [4.69, 9.17) is 0 Å². The molecule has 0 bridgehead atoms. The van der Waals surface area contributed by atoms with Crippen molar-refractivity contribution >= 4 is 0 Å². The third-order valence-corrected chi connectivity index (χ3v) is 4.61. The first-order valence-corrected chi connectivity index (χ1v) is 8.57. The van der Waals surface area contributed by atoms with Crippen LogP contribution in [0.5, 0.6) is 0 Å². The molecule has 1 saturated heterocycles. The van der Waals surface area contributed by atoms with E-state index in [9.17, 15) is 19.0 Å². The maximum absolute atomic E-state index is 13.3. The lowest BCUT2D eigenvalue weighted by molar-refractivity contribution is 0.0805. The second-order valence-electron chi connectivity index (χ2n) is 7.00. The molecule has 1 aromatic carbocycles. The van der Waals surface area contributed by atoms with Crippen molar-refractivity contribution in [2.75, 3.05) is 39.8 Å². The molecule has 1 aliphatic rings. The average Bonchev–Trinajstić information content (AvgIpc) is 2.51. The lowest BCUT2D eigenvalue weighted by atomic mass is 9.96. The van der Waals surface area contributed by atoms with Crippen molar-refractivity contribution in [1.29, 1.82) is 0 Å². The Hall–Kier alpha value is -1.08. The number of hydrogen-bond acceptors (Lipinski definition) is 4. The number of benzene rings is 1. The van der Waals surface area contributed by atoms with Gasteiger partial charge in [0.25, 0.3) is 0 Å². The molecule has 4 nitrogen and oxygen atoms in total. The fraction of sp³-hybridized carbons (Fsp3) is 0.667. The van der Waals surface area contributed by atoms with Gasteiger partial charge in [0, 0.05) is 19.6 Å². The normalized spacial score (nSPS) is 19.6. The summed E-state index contributed by atoms with van der Waals surface area (Å²) in [6.45, 7) is 5.74. The third-order valence-electron chi connectivity index (χ3n) is 4.61. The molecule has 24 heavy (non-hydrogen) atoms. The highest BCUT2D eigenvalue weighted by atomic mass is 19.2. The number of aliphatic hydroxyl groups is 2. The Morgan fingerprint density at radius 2 is 1.88 bits per heavy atom. The summed E-state index contributed by atoms with van der Waals surface area (Å²) in [6.07, 6.45) is 1.01. The highest BCUT2D eigenvalue weighted by Crippen LogP contribution is 2.21. The van der Waals surface area contributed by atoms with E-state index in [-0.39, 0.29) is 6.10 Å². The van der Waals surface area contributed by atoms with Crippen LogP contribution in [0, 0.1) is 17.6 Å². The third kappa shape index (κ3) is 5.77. The summed E-state index contributed by atoms with van der Waals surface area (Å²) in [5.41, 5.74) is 0.396. The van der Waals surface area contributed by atoms with Crippen LogP contribution >= 0.6 is 0 Å². The monoisotopic (exact) mass is 342 g/mol. The lowest BCUT2D eigenvalue weighted by Crippen LogP contribution is -2.41. The van der Waals surface area contributed by atoms with Gasteiger partial charge in [0.05, 0.1) is 12.2 Å². The van der Waals surface area contributed by atoms with Crippen LogP contribution < -0.4 is 0 Å². The molecular weight excluding hydrogens is 314 g/mol. The Labute approximate surface area is 142 Å². The molecule has 1 aromatic rings. The number of aliphatic hydroxyl groups excluding tert-OH is 2. The van der Waals surface area contributed by atoms with Crippen LogP contribution in [0.3, 0.4) is 0 Å². The smallest absolute Gasteiger partial charge is 0.159 e. The van der Waals surface area contributed by atoms with Crippen LogP contribution in [-0.2, 0) is 0 Å². The summed E-state index contributed by atoms with van der Waals surface area (Å²) in [6, 6.07) is 3.53. The largest absolute Gasteiger partial charge is 0.392 e. The second-order valence-corrected chi connectivity index (χ2v) is 7.00. The predicted octanol–water partition coefficient (Wildman–Crippen LogP) is 2.02. The number of β-amino-alcohol motifs (C(OH)–C–C–N with tert-alkyl or cyclic N) is 1. The van der Waals surface area contributed by atoms with Gasteiger partial charge in [0.15, 0.2) is 11.6 Å². The molecule has 0 radical (unpaired) electrons. The van der Waals surface area contributed by atoms with Gasteiger partial charge in [-0.15, -0.1) is 0 Å². The highest BCUT2D eigenvalue weighted by molar-refractivity contribution is 5.20. The average molecular weight is 342 g/mol. The zero-order chi connectivity index (χ0) is 17.7. The lowest BCUT2D eigenvalue weighted by Gasteiger charge is -2.34. The molecule has 0 aromatic heterocycles. The van der Waals surface area contributed by atoms with Crippen molar-refractivity contribution in [3.05, 3.63) is 35.4 Å². The fourth-order valence-electron chi connectivity index (χ4n) is 3.36. The SMILES string of the molecule is CC(O)CN1CCC(CN(C)CC(O)c2ccc(F)c(F)c2)CC1. The molecule has 1 aliphatic heterocycles. The minimum atomic E-state index is -0.931. The number of hydrogen-bond donors (Lipinski definition) is 2. The van der Waals surface area contributed by atoms with Crippen LogP contribution in [0.25, 0.3) is 0 Å². The van der Waals surface area contributed by atoms with Crippen molar-refractivity contribution in [2.45, 2.75) is 32.0 Å². The molecule has 136 valence electrons. The number of halogens is 2. The Kier molecular flexibility index (Phi) is 7.10. The van der Waals surface area contributed by atoms with E-state index in [0.717, 1.165) is 51.2 Å². The number of likely N-dealkylation sites (N-methyl/N-ethyl adjacent to an activating group) is 1. The van der Waals surface area contributed by atoms with Crippen LogP contribution in [0.15, 0.2) is 18.2 Å². The van der Waals surface area contributed by atoms with E-state index in [1.54, 1.807) is 6.92 Å². The molecule has 1 fully saturated rings. The van der Waals surface area contributed by atoms with E-state index in [2.05, 4.69) is 4.90 Å². The van der Waals surface area contributed by atoms with E-state index in [1.165, 1.54) is 6.07 Å². The first-order valence-electron chi connectivity index (χ1n) is 8.57. The predicted molar refractivity (Wildman–Crippen MR) is 89.7 cm³/mol. The Balaban J connectivity index is 1.77. The summed E-state index contributed by atoms with van der Waals surface area (Å²) in [5, 5.41) is 19.6. The minimum Gasteiger partial charge on any atom is -0.392 e. The molecule has 2 atom stereocenters. The molecule has 0 saturated carbocycles. The summed E-state index contributed by atoms with van der Waals surface area (Å²) < 4.78 is 26.2. The summed E-state index contributed by atoms with van der Waals surface area (Å²) >= 11 is 0. The van der Waals surface area contributed by atoms with Crippen LogP contribution in [0.1, 0.15) is 31.4 Å².